The molecule has 0 bridgehead atoms. The average molecular weight is 282 g/mol. The molecule has 0 fully saturated rings. The summed E-state index contributed by atoms with van der Waals surface area (Å²) in [6, 6.07) is 15.7. The summed E-state index contributed by atoms with van der Waals surface area (Å²) in [6.45, 7) is 0.558. The van der Waals surface area contributed by atoms with Crippen LogP contribution < -0.4 is 5.32 Å². The summed E-state index contributed by atoms with van der Waals surface area (Å²) >= 11 is 1.45. The molecule has 1 N–H and O–H groups in total. The molecule has 0 aliphatic heterocycles. The molecule has 0 saturated carbocycles. The summed E-state index contributed by atoms with van der Waals surface area (Å²) in [5, 5.41) is 13.7. The summed E-state index contributed by atoms with van der Waals surface area (Å²) in [4.78, 5) is 12.6. The fourth-order valence-corrected chi connectivity index (χ4v) is 2.44. The van der Waals surface area contributed by atoms with Crippen LogP contribution in [0.5, 0.6) is 0 Å². The Bertz CT molecular complexity index is 624. The Balaban J connectivity index is 1.88. The lowest BCUT2D eigenvalue weighted by Crippen LogP contribution is -2.23. The molecule has 100 valence electrons. The lowest BCUT2D eigenvalue weighted by atomic mass is 10.1. The van der Waals surface area contributed by atoms with Gasteiger partial charge in [-0.2, -0.15) is 5.26 Å². The first-order chi connectivity index (χ1) is 9.79. The van der Waals surface area contributed by atoms with Crippen LogP contribution in [0.2, 0.25) is 0 Å². The molecule has 0 atom stereocenters. The Labute approximate surface area is 122 Å². The number of carbonyl (C=O) groups excluding carboxylic acids is 1. The molecule has 3 nitrogen and oxygen atoms in total. The maximum absolute atomic E-state index is 11.8. The van der Waals surface area contributed by atoms with Gasteiger partial charge in [0, 0.05) is 17.5 Å². The van der Waals surface area contributed by atoms with E-state index in [0.717, 1.165) is 11.3 Å². The van der Waals surface area contributed by atoms with E-state index in [9.17, 15) is 4.79 Å². The third-order valence-corrected chi connectivity index (χ3v) is 3.64. The van der Waals surface area contributed by atoms with Gasteiger partial charge in [0.2, 0.25) is 5.91 Å². The minimum absolute atomic E-state index is 0.231. The van der Waals surface area contributed by atoms with Crippen molar-refractivity contribution in [2.45, 2.75) is 6.42 Å². The molecule has 0 radical (unpaired) electrons. The molecule has 1 aromatic heterocycles. The number of thiophene rings is 1. The molecule has 0 saturated heterocycles. The van der Waals surface area contributed by atoms with E-state index in [0.29, 0.717) is 12.1 Å². The number of rotatable bonds is 5. The molecule has 0 aliphatic rings. The minimum Gasteiger partial charge on any atom is -0.352 e. The van der Waals surface area contributed by atoms with Gasteiger partial charge in [-0.25, -0.2) is 0 Å². The van der Waals surface area contributed by atoms with Gasteiger partial charge in [0.1, 0.15) is 6.07 Å². The highest BCUT2D eigenvalue weighted by atomic mass is 32.1. The monoisotopic (exact) mass is 282 g/mol. The highest BCUT2D eigenvalue weighted by Gasteiger charge is 2.04. The number of nitrogens with zero attached hydrogens (tertiary/aromatic N) is 1. The lowest BCUT2D eigenvalue weighted by molar-refractivity contribution is -0.116. The molecule has 2 rings (SSSR count). The maximum Gasteiger partial charge on any atom is 0.245 e. The van der Waals surface area contributed by atoms with E-state index in [4.69, 9.17) is 5.26 Å². The van der Waals surface area contributed by atoms with Crippen molar-refractivity contribution < 1.29 is 4.79 Å². The highest BCUT2D eigenvalue weighted by Crippen LogP contribution is 2.18. The van der Waals surface area contributed by atoms with Crippen molar-refractivity contribution in [2.24, 2.45) is 0 Å². The lowest BCUT2D eigenvalue weighted by Gasteiger charge is -2.02. The topological polar surface area (TPSA) is 52.9 Å². The van der Waals surface area contributed by atoms with Gasteiger partial charge in [-0.3, -0.25) is 4.79 Å². The second-order valence-electron chi connectivity index (χ2n) is 4.17. The fraction of sp³-hybridized carbons (Fsp3) is 0.125. The van der Waals surface area contributed by atoms with Crippen LogP contribution in [0.1, 0.15) is 10.4 Å². The quantitative estimate of drug-likeness (QED) is 0.677. The molecule has 1 aromatic carbocycles. The molecule has 1 amide bonds. The molecular formula is C16H14N2OS. The van der Waals surface area contributed by atoms with Crippen LogP contribution in [-0.4, -0.2) is 12.5 Å². The number of benzene rings is 1. The van der Waals surface area contributed by atoms with Crippen molar-refractivity contribution in [3.8, 4) is 6.07 Å². The zero-order valence-corrected chi connectivity index (χ0v) is 11.7. The van der Waals surface area contributed by atoms with Gasteiger partial charge in [0.15, 0.2) is 0 Å². The molecule has 0 spiro atoms. The van der Waals surface area contributed by atoms with E-state index < -0.39 is 0 Å². The van der Waals surface area contributed by atoms with E-state index in [1.807, 2.05) is 47.8 Å². The summed E-state index contributed by atoms with van der Waals surface area (Å²) < 4.78 is 0. The molecule has 4 heteroatoms. The predicted octanol–water partition coefficient (Wildman–Crippen LogP) is 3.01. The Morgan fingerprint density at radius 3 is 2.70 bits per heavy atom. The summed E-state index contributed by atoms with van der Waals surface area (Å²) in [5.41, 5.74) is 1.58. The van der Waals surface area contributed by atoms with Crippen molar-refractivity contribution in [1.29, 1.82) is 5.26 Å². The van der Waals surface area contributed by atoms with Crippen LogP contribution in [0, 0.1) is 11.3 Å². The van der Waals surface area contributed by atoms with Gasteiger partial charge in [0.05, 0.1) is 5.57 Å². The Morgan fingerprint density at radius 1 is 1.25 bits per heavy atom. The third-order valence-electron chi connectivity index (χ3n) is 2.74. The second-order valence-corrected chi connectivity index (χ2v) is 5.12. The second kappa shape index (κ2) is 7.27. The van der Waals surface area contributed by atoms with Crippen molar-refractivity contribution in [2.75, 3.05) is 6.54 Å². The van der Waals surface area contributed by atoms with E-state index in [2.05, 4.69) is 11.4 Å². The van der Waals surface area contributed by atoms with Crippen LogP contribution in [0.3, 0.4) is 0 Å². The first kappa shape index (κ1) is 14.0. The van der Waals surface area contributed by atoms with Gasteiger partial charge < -0.3 is 5.32 Å². The van der Waals surface area contributed by atoms with Gasteiger partial charge >= 0.3 is 0 Å². The van der Waals surface area contributed by atoms with Gasteiger partial charge in [0.25, 0.3) is 0 Å². The molecule has 1 heterocycles. The molecule has 0 aliphatic carbocycles. The number of hydrogen-bond acceptors (Lipinski definition) is 3. The summed E-state index contributed by atoms with van der Waals surface area (Å²) in [5.74, 6) is -0.231. The predicted molar refractivity (Wildman–Crippen MR) is 81.1 cm³/mol. The number of nitrogens with one attached hydrogen (secondary N) is 1. The van der Waals surface area contributed by atoms with Crippen LogP contribution in [0.15, 0.2) is 53.9 Å². The van der Waals surface area contributed by atoms with Crippen molar-refractivity contribution in [1.82, 2.24) is 5.32 Å². The number of carbonyl (C=O) groups is 1. The third kappa shape index (κ3) is 4.08. The van der Waals surface area contributed by atoms with Crippen molar-refractivity contribution in [3.05, 3.63) is 64.4 Å². The largest absolute Gasteiger partial charge is 0.352 e. The van der Waals surface area contributed by atoms with Crippen LogP contribution in [-0.2, 0) is 11.2 Å². The highest BCUT2D eigenvalue weighted by molar-refractivity contribution is 7.11. The molecular weight excluding hydrogens is 268 g/mol. The summed E-state index contributed by atoms with van der Waals surface area (Å²) in [7, 11) is 0. The number of hydrogen-bond donors (Lipinski definition) is 1. The Morgan fingerprint density at radius 2 is 2.05 bits per heavy atom. The first-order valence-electron chi connectivity index (χ1n) is 6.27. The number of amides is 1. The zero-order valence-electron chi connectivity index (χ0n) is 10.9. The maximum atomic E-state index is 11.8. The van der Waals surface area contributed by atoms with Crippen LogP contribution >= 0.6 is 11.3 Å². The van der Waals surface area contributed by atoms with Crippen molar-refractivity contribution >= 4 is 22.8 Å². The average Bonchev–Trinajstić information content (AvgIpc) is 3.00. The summed E-state index contributed by atoms with van der Waals surface area (Å²) in [6.07, 6.45) is 2.14. The van der Waals surface area contributed by atoms with E-state index in [1.165, 1.54) is 23.0 Å². The smallest absolute Gasteiger partial charge is 0.245 e. The van der Waals surface area contributed by atoms with Crippen molar-refractivity contribution in [3.63, 3.8) is 0 Å². The number of nitriles is 1. The molecule has 0 unspecified atom stereocenters. The first-order valence-corrected chi connectivity index (χ1v) is 7.15. The van der Waals surface area contributed by atoms with E-state index in [-0.39, 0.29) is 5.91 Å². The molecule has 20 heavy (non-hydrogen) atoms. The van der Waals surface area contributed by atoms with Crippen LogP contribution in [0.4, 0.5) is 0 Å². The number of allylic oxidation sites excluding steroid dienone is 1. The Kier molecular flexibility index (Phi) is 5.10. The van der Waals surface area contributed by atoms with E-state index in [1.54, 1.807) is 0 Å². The normalized spacial score (nSPS) is 10.8. The van der Waals surface area contributed by atoms with Crippen LogP contribution in [0.25, 0.3) is 5.57 Å². The SMILES string of the molecule is N#C/C(=C/C(=O)NCCc1ccccc1)c1cccs1. The minimum atomic E-state index is -0.231. The van der Waals surface area contributed by atoms with Gasteiger partial charge in [-0.1, -0.05) is 36.4 Å². The zero-order chi connectivity index (χ0) is 14.2. The molecule has 2 aromatic rings. The standard InChI is InChI=1S/C16H14N2OS/c17-12-14(15-7-4-10-20-15)11-16(19)18-9-8-13-5-2-1-3-6-13/h1-7,10-11H,8-9H2,(H,18,19)/b14-11-. The van der Waals surface area contributed by atoms with E-state index >= 15 is 0 Å². The Hall–Kier alpha value is -2.38. The van der Waals surface area contributed by atoms with Gasteiger partial charge in [-0.15, -0.1) is 11.3 Å². The fourth-order valence-electron chi connectivity index (χ4n) is 1.75. The van der Waals surface area contributed by atoms with Gasteiger partial charge in [-0.05, 0) is 23.4 Å².